The third kappa shape index (κ3) is 4.68. The summed E-state index contributed by atoms with van der Waals surface area (Å²) < 4.78 is 6.95. The van der Waals surface area contributed by atoms with E-state index in [9.17, 15) is 9.59 Å². The van der Waals surface area contributed by atoms with Crippen LogP contribution in [0.1, 0.15) is 74.8 Å². The second-order valence-electron chi connectivity index (χ2n) is 9.76. The van der Waals surface area contributed by atoms with Crippen LogP contribution >= 0.6 is 15.9 Å². The van der Waals surface area contributed by atoms with Gasteiger partial charge in [0.2, 0.25) is 0 Å². The van der Waals surface area contributed by atoms with Crippen LogP contribution in [0.25, 0.3) is 0 Å². The molecular formula is C29H30BrNO3. The number of benzene rings is 2. The second kappa shape index (κ2) is 9.99. The number of carbonyl (C=O) groups is 2. The Labute approximate surface area is 209 Å². The summed E-state index contributed by atoms with van der Waals surface area (Å²) in [6.07, 6.45) is 6.34. The number of esters is 1. The largest absolute Gasteiger partial charge is 0.462 e. The Hall–Kier alpha value is -2.53. The van der Waals surface area contributed by atoms with E-state index in [2.05, 4.69) is 28.1 Å². The average molecular weight is 520 g/mol. The Morgan fingerprint density at radius 2 is 1.71 bits per heavy atom. The molecule has 34 heavy (non-hydrogen) atoms. The lowest BCUT2D eigenvalue weighted by atomic mass is 9.69. The number of ketones is 1. The van der Waals surface area contributed by atoms with Crippen LogP contribution in [0.5, 0.6) is 0 Å². The number of nitrogens with zero attached hydrogens (tertiary/aromatic N) is 1. The van der Waals surface area contributed by atoms with Crippen molar-refractivity contribution in [1.82, 2.24) is 0 Å². The molecule has 4 nitrogen and oxygen atoms in total. The first-order chi connectivity index (χ1) is 16.5. The molecule has 2 aliphatic carbocycles. The number of carbonyl (C=O) groups excluding carboxylic acids is 2. The summed E-state index contributed by atoms with van der Waals surface area (Å²) in [4.78, 5) is 32.1. The van der Waals surface area contributed by atoms with Gasteiger partial charge in [-0.3, -0.25) is 14.6 Å². The van der Waals surface area contributed by atoms with Crippen LogP contribution in [0.4, 0.5) is 0 Å². The van der Waals surface area contributed by atoms with Crippen molar-refractivity contribution in [3.63, 3.8) is 0 Å². The zero-order valence-corrected chi connectivity index (χ0v) is 21.1. The van der Waals surface area contributed by atoms with E-state index in [0.29, 0.717) is 18.4 Å². The highest BCUT2D eigenvalue weighted by Gasteiger charge is 2.45. The van der Waals surface area contributed by atoms with Crippen molar-refractivity contribution < 1.29 is 14.3 Å². The summed E-state index contributed by atoms with van der Waals surface area (Å²) in [6, 6.07) is 18.1. The minimum absolute atomic E-state index is 0.0305. The van der Waals surface area contributed by atoms with Gasteiger partial charge in [-0.05, 0) is 68.2 Å². The third-order valence-electron chi connectivity index (χ3n) is 7.46. The zero-order valence-electron chi connectivity index (χ0n) is 19.5. The third-order valence-corrected chi connectivity index (χ3v) is 7.95. The van der Waals surface area contributed by atoms with E-state index in [1.54, 1.807) is 0 Å². The van der Waals surface area contributed by atoms with Gasteiger partial charge in [-0.2, -0.15) is 0 Å². The van der Waals surface area contributed by atoms with Crippen LogP contribution in [-0.4, -0.2) is 23.6 Å². The fourth-order valence-corrected chi connectivity index (χ4v) is 6.22. The highest BCUT2D eigenvalue weighted by molar-refractivity contribution is 9.10. The molecule has 5 heteroatoms. The normalized spacial score (nSPS) is 25.5. The van der Waals surface area contributed by atoms with Gasteiger partial charge in [-0.25, -0.2) is 0 Å². The molecule has 1 heterocycles. The van der Waals surface area contributed by atoms with Crippen molar-refractivity contribution in [3.8, 4) is 0 Å². The Balaban J connectivity index is 1.53. The first-order valence-electron chi connectivity index (χ1n) is 12.3. The molecule has 0 radical (unpaired) electrons. The molecule has 1 saturated carbocycles. The van der Waals surface area contributed by atoms with E-state index in [0.717, 1.165) is 52.7 Å². The molecule has 3 atom stereocenters. The van der Waals surface area contributed by atoms with Crippen LogP contribution in [-0.2, 0) is 14.3 Å². The number of hydrogen-bond acceptors (Lipinski definition) is 4. The summed E-state index contributed by atoms with van der Waals surface area (Å²) in [6.45, 7) is 1.91. The summed E-state index contributed by atoms with van der Waals surface area (Å²) in [5.41, 5.74) is 4.38. The Morgan fingerprint density at radius 3 is 2.44 bits per heavy atom. The van der Waals surface area contributed by atoms with Gasteiger partial charge in [0.25, 0.3) is 0 Å². The molecule has 176 valence electrons. The minimum atomic E-state index is -0.577. The fraction of sp³-hybridized carbons (Fsp3) is 0.414. The van der Waals surface area contributed by atoms with Crippen LogP contribution in [0.2, 0.25) is 0 Å². The molecule has 0 aromatic heterocycles. The molecule has 0 N–H and O–H groups in total. The molecular weight excluding hydrogens is 490 g/mol. The lowest BCUT2D eigenvalue weighted by molar-refractivity contribution is -0.153. The number of aliphatic imine (C=N–C) groups is 1. The molecule has 1 unspecified atom stereocenters. The number of ether oxygens (including phenoxy) is 1. The van der Waals surface area contributed by atoms with E-state index in [4.69, 9.17) is 9.73 Å². The summed E-state index contributed by atoms with van der Waals surface area (Å²) in [5, 5.41) is 0. The Bertz CT molecular complexity index is 1150. The van der Waals surface area contributed by atoms with E-state index < -0.39 is 5.92 Å². The number of rotatable bonds is 4. The van der Waals surface area contributed by atoms with Gasteiger partial charge in [-0.15, -0.1) is 0 Å². The number of Topliss-reactive ketones (excluding diaryl/α,β-unsaturated/α-hetero) is 1. The monoisotopic (exact) mass is 519 g/mol. The quantitative estimate of drug-likeness (QED) is 0.412. The SMILES string of the molecule is CC1=NC2=C(C(=O)C[C@@H](c3ccccc3)C2)[C@@H](c2cccc(Br)c2)C1C(=O)OC1CCCCC1. The van der Waals surface area contributed by atoms with Gasteiger partial charge in [0.15, 0.2) is 5.78 Å². The first-order valence-corrected chi connectivity index (χ1v) is 13.1. The number of allylic oxidation sites excluding steroid dienone is 2. The van der Waals surface area contributed by atoms with Crippen molar-refractivity contribution in [2.24, 2.45) is 10.9 Å². The highest BCUT2D eigenvalue weighted by Crippen LogP contribution is 2.47. The maximum absolute atomic E-state index is 13.7. The predicted octanol–water partition coefficient (Wildman–Crippen LogP) is 6.90. The van der Waals surface area contributed by atoms with Crippen molar-refractivity contribution >= 4 is 33.4 Å². The van der Waals surface area contributed by atoms with Gasteiger partial charge in [0.1, 0.15) is 12.0 Å². The highest BCUT2D eigenvalue weighted by atomic mass is 79.9. The van der Waals surface area contributed by atoms with Gasteiger partial charge >= 0.3 is 5.97 Å². The standard InChI is InChI=1S/C29H30BrNO3/c1-18-26(29(33)34-23-13-6-3-7-14-23)27(20-11-8-12-22(30)15-20)28-24(31-18)16-21(17-25(28)32)19-9-4-2-5-10-19/h2,4-5,8-12,15,21,23,26-27H,3,6-7,13-14,16-17H2,1H3/t21-,26?,27-/m0/s1. The maximum Gasteiger partial charge on any atom is 0.315 e. The van der Waals surface area contributed by atoms with Crippen LogP contribution in [0.3, 0.4) is 0 Å². The molecule has 1 aliphatic heterocycles. The molecule has 5 rings (SSSR count). The molecule has 2 aromatic carbocycles. The lowest BCUT2D eigenvalue weighted by Crippen LogP contribution is -2.39. The van der Waals surface area contributed by atoms with Gasteiger partial charge in [0.05, 0.1) is 0 Å². The first kappa shape index (κ1) is 23.2. The van der Waals surface area contributed by atoms with Crippen LogP contribution in [0.15, 0.2) is 75.3 Å². The summed E-state index contributed by atoms with van der Waals surface area (Å²) >= 11 is 3.58. The van der Waals surface area contributed by atoms with E-state index in [1.807, 2.05) is 49.4 Å². The van der Waals surface area contributed by atoms with E-state index in [1.165, 1.54) is 6.42 Å². The predicted molar refractivity (Wildman–Crippen MR) is 137 cm³/mol. The van der Waals surface area contributed by atoms with Crippen molar-refractivity contribution in [3.05, 3.63) is 81.5 Å². The van der Waals surface area contributed by atoms with Crippen LogP contribution < -0.4 is 0 Å². The number of hydrogen-bond donors (Lipinski definition) is 0. The van der Waals surface area contributed by atoms with Crippen molar-refractivity contribution in [2.75, 3.05) is 0 Å². The topological polar surface area (TPSA) is 55.7 Å². The maximum atomic E-state index is 13.7. The van der Waals surface area contributed by atoms with Crippen molar-refractivity contribution in [1.29, 1.82) is 0 Å². The second-order valence-corrected chi connectivity index (χ2v) is 10.7. The molecule has 1 fully saturated rings. The smallest absolute Gasteiger partial charge is 0.315 e. The molecule has 0 saturated heterocycles. The molecule has 0 amide bonds. The molecule has 2 aromatic rings. The van der Waals surface area contributed by atoms with Gasteiger partial charge in [0, 0.05) is 33.8 Å². The molecule has 3 aliphatic rings. The number of halogens is 1. The van der Waals surface area contributed by atoms with E-state index >= 15 is 0 Å². The van der Waals surface area contributed by atoms with Gasteiger partial charge in [-0.1, -0.05) is 64.8 Å². The lowest BCUT2D eigenvalue weighted by Gasteiger charge is -2.37. The summed E-state index contributed by atoms with van der Waals surface area (Å²) in [5.74, 6) is -0.995. The molecule has 0 spiro atoms. The molecule has 0 bridgehead atoms. The van der Waals surface area contributed by atoms with Crippen LogP contribution in [0, 0.1) is 5.92 Å². The average Bonchev–Trinajstić information content (AvgIpc) is 2.84. The minimum Gasteiger partial charge on any atom is -0.462 e. The van der Waals surface area contributed by atoms with Gasteiger partial charge < -0.3 is 4.74 Å². The summed E-state index contributed by atoms with van der Waals surface area (Å²) in [7, 11) is 0. The zero-order chi connectivity index (χ0) is 23.7. The Morgan fingerprint density at radius 1 is 0.971 bits per heavy atom. The van der Waals surface area contributed by atoms with Crippen molar-refractivity contribution in [2.45, 2.75) is 69.8 Å². The van der Waals surface area contributed by atoms with E-state index in [-0.39, 0.29) is 29.7 Å². The Kier molecular flexibility index (Phi) is 6.82. The fourth-order valence-electron chi connectivity index (χ4n) is 5.81.